The van der Waals surface area contributed by atoms with Crippen LogP contribution in [0, 0.1) is 5.92 Å². The van der Waals surface area contributed by atoms with Gasteiger partial charge in [0, 0.05) is 12.8 Å². The van der Waals surface area contributed by atoms with Crippen LogP contribution in [0.4, 0.5) is 0 Å². The fourth-order valence-electron chi connectivity index (χ4n) is 2.60. The summed E-state index contributed by atoms with van der Waals surface area (Å²) in [5.41, 5.74) is 1.67. The SMILES string of the molecule is COc1ccccc1C(=O)C[C@@H]1CC(=O)C=C(C)C1. The maximum atomic E-state index is 12.3. The standard InChI is InChI=1S/C16H18O3/c1-11-7-12(9-13(17)8-11)10-15(18)14-5-3-4-6-16(14)19-2/h3-6,8,12H,7,9-10H2,1-2H3/t12-/m0/s1. The van der Waals surface area contributed by atoms with Crippen LogP contribution in [0.1, 0.15) is 36.5 Å². The van der Waals surface area contributed by atoms with E-state index in [4.69, 9.17) is 4.74 Å². The molecule has 0 heterocycles. The Morgan fingerprint density at radius 2 is 2.05 bits per heavy atom. The van der Waals surface area contributed by atoms with Crippen molar-refractivity contribution >= 4 is 11.6 Å². The zero-order valence-corrected chi connectivity index (χ0v) is 11.3. The first kappa shape index (κ1) is 13.5. The number of benzene rings is 1. The number of rotatable bonds is 4. The quantitative estimate of drug-likeness (QED) is 0.779. The summed E-state index contributed by atoms with van der Waals surface area (Å²) in [4.78, 5) is 23.8. The number of hydrogen-bond donors (Lipinski definition) is 0. The summed E-state index contributed by atoms with van der Waals surface area (Å²) in [5, 5.41) is 0. The first-order chi connectivity index (χ1) is 9.10. The molecule has 0 saturated carbocycles. The first-order valence-electron chi connectivity index (χ1n) is 6.46. The molecule has 0 spiro atoms. The van der Waals surface area contributed by atoms with Crippen molar-refractivity contribution < 1.29 is 14.3 Å². The Kier molecular flexibility index (Phi) is 4.15. The summed E-state index contributed by atoms with van der Waals surface area (Å²) in [7, 11) is 1.56. The van der Waals surface area contributed by atoms with Gasteiger partial charge in [-0.2, -0.15) is 0 Å². The zero-order valence-electron chi connectivity index (χ0n) is 11.3. The van der Waals surface area contributed by atoms with E-state index in [-0.39, 0.29) is 17.5 Å². The number of Topliss-reactive ketones (excluding diaryl/α,β-unsaturated/α-hetero) is 1. The van der Waals surface area contributed by atoms with Gasteiger partial charge in [0.1, 0.15) is 5.75 Å². The molecule has 3 heteroatoms. The molecule has 1 atom stereocenters. The lowest BCUT2D eigenvalue weighted by Gasteiger charge is -2.19. The third-order valence-corrected chi connectivity index (χ3v) is 3.39. The van der Waals surface area contributed by atoms with Gasteiger partial charge >= 0.3 is 0 Å². The molecule has 0 amide bonds. The Morgan fingerprint density at radius 3 is 2.74 bits per heavy atom. The van der Waals surface area contributed by atoms with Crippen LogP contribution in [-0.2, 0) is 4.79 Å². The van der Waals surface area contributed by atoms with Crippen LogP contribution in [0.3, 0.4) is 0 Å². The van der Waals surface area contributed by atoms with Crippen molar-refractivity contribution in [1.29, 1.82) is 0 Å². The second-order valence-electron chi connectivity index (χ2n) is 5.06. The number of ether oxygens (including phenoxy) is 1. The minimum Gasteiger partial charge on any atom is -0.496 e. The van der Waals surface area contributed by atoms with Gasteiger partial charge in [-0.05, 0) is 37.5 Å². The highest BCUT2D eigenvalue weighted by Gasteiger charge is 2.23. The molecule has 3 nitrogen and oxygen atoms in total. The van der Waals surface area contributed by atoms with Crippen molar-refractivity contribution in [3.63, 3.8) is 0 Å². The van der Waals surface area contributed by atoms with Gasteiger partial charge in [-0.25, -0.2) is 0 Å². The average Bonchev–Trinajstić information content (AvgIpc) is 2.37. The van der Waals surface area contributed by atoms with Crippen LogP contribution < -0.4 is 4.74 Å². The molecular formula is C16H18O3. The molecule has 1 aliphatic rings. The van der Waals surface area contributed by atoms with Gasteiger partial charge in [0.15, 0.2) is 11.6 Å². The van der Waals surface area contributed by atoms with E-state index >= 15 is 0 Å². The highest BCUT2D eigenvalue weighted by Crippen LogP contribution is 2.28. The lowest BCUT2D eigenvalue weighted by atomic mass is 9.84. The van der Waals surface area contributed by atoms with Gasteiger partial charge in [-0.15, -0.1) is 0 Å². The Morgan fingerprint density at radius 1 is 1.32 bits per heavy atom. The van der Waals surface area contributed by atoms with Crippen LogP contribution in [0.15, 0.2) is 35.9 Å². The Bertz CT molecular complexity index is 529. The number of ketones is 2. The van der Waals surface area contributed by atoms with E-state index in [0.29, 0.717) is 24.2 Å². The molecular weight excluding hydrogens is 240 g/mol. The zero-order chi connectivity index (χ0) is 13.8. The van der Waals surface area contributed by atoms with Crippen molar-refractivity contribution in [3.05, 3.63) is 41.5 Å². The molecule has 1 aromatic rings. The molecule has 0 N–H and O–H groups in total. The number of allylic oxidation sites excluding steroid dienone is 2. The lowest BCUT2D eigenvalue weighted by molar-refractivity contribution is -0.115. The number of carbonyl (C=O) groups is 2. The van der Waals surface area contributed by atoms with Crippen molar-refractivity contribution in [2.75, 3.05) is 7.11 Å². The Balaban J connectivity index is 2.09. The predicted molar refractivity (Wildman–Crippen MR) is 73.4 cm³/mol. The number of para-hydroxylation sites is 1. The third kappa shape index (κ3) is 3.31. The van der Waals surface area contributed by atoms with Crippen LogP contribution in [0.5, 0.6) is 5.75 Å². The van der Waals surface area contributed by atoms with Crippen LogP contribution >= 0.6 is 0 Å². The van der Waals surface area contributed by atoms with Crippen molar-refractivity contribution in [1.82, 2.24) is 0 Å². The van der Waals surface area contributed by atoms with Gasteiger partial charge < -0.3 is 4.74 Å². The molecule has 0 unspecified atom stereocenters. The van der Waals surface area contributed by atoms with E-state index in [1.807, 2.05) is 19.1 Å². The first-order valence-corrected chi connectivity index (χ1v) is 6.46. The smallest absolute Gasteiger partial charge is 0.166 e. The minimum atomic E-state index is 0.0463. The molecule has 19 heavy (non-hydrogen) atoms. The number of hydrogen-bond acceptors (Lipinski definition) is 3. The maximum absolute atomic E-state index is 12.3. The summed E-state index contributed by atoms with van der Waals surface area (Å²) in [6.07, 6.45) is 3.38. The monoisotopic (exact) mass is 258 g/mol. The molecule has 0 saturated heterocycles. The van der Waals surface area contributed by atoms with E-state index in [1.165, 1.54) is 0 Å². The van der Waals surface area contributed by atoms with E-state index in [0.717, 1.165) is 12.0 Å². The second-order valence-corrected chi connectivity index (χ2v) is 5.06. The van der Waals surface area contributed by atoms with Gasteiger partial charge in [-0.3, -0.25) is 9.59 Å². The van der Waals surface area contributed by atoms with Crippen molar-refractivity contribution in [2.24, 2.45) is 5.92 Å². The highest BCUT2D eigenvalue weighted by molar-refractivity contribution is 5.99. The van der Waals surface area contributed by atoms with Crippen LogP contribution in [0.2, 0.25) is 0 Å². The third-order valence-electron chi connectivity index (χ3n) is 3.39. The number of carbonyl (C=O) groups excluding carboxylic acids is 2. The molecule has 0 aromatic heterocycles. The van der Waals surface area contributed by atoms with E-state index in [2.05, 4.69) is 0 Å². The van der Waals surface area contributed by atoms with Crippen molar-refractivity contribution in [3.8, 4) is 5.75 Å². The summed E-state index contributed by atoms with van der Waals surface area (Å²) < 4.78 is 5.20. The molecule has 0 fully saturated rings. The van der Waals surface area contributed by atoms with Gasteiger partial charge in [0.05, 0.1) is 12.7 Å². The number of methoxy groups -OCH3 is 1. The van der Waals surface area contributed by atoms with Gasteiger partial charge in [0.2, 0.25) is 0 Å². The molecule has 0 radical (unpaired) electrons. The van der Waals surface area contributed by atoms with E-state index < -0.39 is 0 Å². The van der Waals surface area contributed by atoms with E-state index in [9.17, 15) is 9.59 Å². The summed E-state index contributed by atoms with van der Waals surface area (Å²) in [6.45, 7) is 1.94. The normalized spacial score (nSPS) is 18.9. The highest BCUT2D eigenvalue weighted by atomic mass is 16.5. The molecule has 100 valence electrons. The second kappa shape index (κ2) is 5.83. The predicted octanol–water partition coefficient (Wildman–Crippen LogP) is 3.19. The molecule has 1 aromatic carbocycles. The average molecular weight is 258 g/mol. The Labute approximate surface area is 113 Å². The summed E-state index contributed by atoms with van der Waals surface area (Å²) in [5.74, 6) is 0.892. The molecule has 0 aliphatic heterocycles. The van der Waals surface area contributed by atoms with Crippen LogP contribution in [0.25, 0.3) is 0 Å². The minimum absolute atomic E-state index is 0.0463. The Hall–Kier alpha value is -1.90. The fourth-order valence-corrected chi connectivity index (χ4v) is 2.60. The summed E-state index contributed by atoms with van der Waals surface area (Å²) >= 11 is 0. The van der Waals surface area contributed by atoms with Crippen LogP contribution in [-0.4, -0.2) is 18.7 Å². The summed E-state index contributed by atoms with van der Waals surface area (Å²) in [6, 6.07) is 7.22. The van der Waals surface area contributed by atoms with E-state index in [1.54, 1.807) is 25.3 Å². The fraction of sp³-hybridized carbons (Fsp3) is 0.375. The van der Waals surface area contributed by atoms with Crippen molar-refractivity contribution in [2.45, 2.75) is 26.2 Å². The largest absolute Gasteiger partial charge is 0.496 e. The molecule has 1 aliphatic carbocycles. The maximum Gasteiger partial charge on any atom is 0.166 e. The molecule has 2 rings (SSSR count). The molecule has 0 bridgehead atoms. The topological polar surface area (TPSA) is 43.4 Å². The van der Waals surface area contributed by atoms with Gasteiger partial charge in [0.25, 0.3) is 0 Å². The lowest BCUT2D eigenvalue weighted by Crippen LogP contribution is -2.17. The van der Waals surface area contributed by atoms with Gasteiger partial charge in [-0.1, -0.05) is 17.7 Å².